The molecule has 1 aromatic heterocycles. The van der Waals surface area contributed by atoms with Crippen LogP contribution >= 0.6 is 11.6 Å². The zero-order valence-electron chi connectivity index (χ0n) is 13.4. The van der Waals surface area contributed by atoms with Crippen molar-refractivity contribution in [3.8, 4) is 0 Å². The lowest BCUT2D eigenvalue weighted by Gasteiger charge is -2.18. The number of carbonyl (C=O) groups excluding carboxylic acids is 1. The average molecular weight is 384 g/mol. The van der Waals surface area contributed by atoms with Crippen molar-refractivity contribution in [1.82, 2.24) is 25.5 Å². The monoisotopic (exact) mass is 383 g/mol. The van der Waals surface area contributed by atoms with E-state index in [1.165, 1.54) is 6.33 Å². The summed E-state index contributed by atoms with van der Waals surface area (Å²) in [7, 11) is -3.03. The highest BCUT2D eigenvalue weighted by Gasteiger charge is 2.29. The first-order chi connectivity index (χ1) is 11.9. The molecule has 1 aliphatic rings. The number of halogens is 1. The summed E-state index contributed by atoms with van der Waals surface area (Å²) in [5.41, 5.74) is 0.939. The average Bonchev–Trinajstić information content (AvgIpc) is 3.17. The molecule has 1 fully saturated rings. The number of nitrogens with one attached hydrogen (secondary N) is 1. The van der Waals surface area contributed by atoms with Gasteiger partial charge in [-0.05, 0) is 34.5 Å². The third-order valence-electron chi connectivity index (χ3n) is 4.17. The maximum Gasteiger partial charge on any atom is 0.220 e. The van der Waals surface area contributed by atoms with Crippen molar-refractivity contribution in [3.63, 3.8) is 0 Å². The van der Waals surface area contributed by atoms with Gasteiger partial charge in [0, 0.05) is 23.4 Å². The largest absolute Gasteiger partial charge is 0.352 e. The molecule has 10 heteroatoms. The molecule has 2 heterocycles. The molecule has 1 N–H and O–H groups in total. The molecule has 25 heavy (non-hydrogen) atoms. The van der Waals surface area contributed by atoms with Gasteiger partial charge in [0.1, 0.15) is 6.33 Å². The third-order valence-corrected chi connectivity index (χ3v) is 6.19. The summed E-state index contributed by atoms with van der Waals surface area (Å²) in [6, 6.07) is 6.96. The van der Waals surface area contributed by atoms with E-state index < -0.39 is 9.84 Å². The number of hydrogen-bond acceptors (Lipinski definition) is 6. The molecular formula is C15H18ClN5O3S. The molecule has 0 spiro atoms. The summed E-state index contributed by atoms with van der Waals surface area (Å²) in [5, 5.41) is 14.5. The Kier molecular flexibility index (Phi) is 5.33. The van der Waals surface area contributed by atoms with Crippen LogP contribution in [0.15, 0.2) is 30.6 Å². The van der Waals surface area contributed by atoms with E-state index in [0.717, 1.165) is 5.56 Å². The van der Waals surface area contributed by atoms with E-state index in [1.54, 1.807) is 16.8 Å². The van der Waals surface area contributed by atoms with Crippen LogP contribution in [0.5, 0.6) is 0 Å². The number of amides is 1. The fourth-order valence-electron chi connectivity index (χ4n) is 2.93. The number of hydrogen-bond donors (Lipinski definition) is 1. The summed E-state index contributed by atoms with van der Waals surface area (Å²) >= 11 is 5.93. The fourth-order valence-corrected chi connectivity index (χ4v) is 4.73. The van der Waals surface area contributed by atoms with Crippen LogP contribution in [0.1, 0.15) is 24.3 Å². The van der Waals surface area contributed by atoms with Crippen LogP contribution in [-0.2, 0) is 21.2 Å². The van der Waals surface area contributed by atoms with E-state index in [9.17, 15) is 13.2 Å². The van der Waals surface area contributed by atoms with Gasteiger partial charge in [-0.15, -0.1) is 5.10 Å². The number of carbonyl (C=O) groups is 1. The van der Waals surface area contributed by atoms with Gasteiger partial charge in [0.2, 0.25) is 5.91 Å². The van der Waals surface area contributed by atoms with Crippen LogP contribution in [0.3, 0.4) is 0 Å². The van der Waals surface area contributed by atoms with Crippen molar-refractivity contribution in [1.29, 1.82) is 0 Å². The SMILES string of the molecule is O=C(C[C@H](Cn1cnnn1)c1ccc(Cl)cc1)N[C@H]1CCS(=O)(=O)C1. The lowest BCUT2D eigenvalue weighted by molar-refractivity contribution is -0.122. The molecule has 0 saturated carbocycles. The van der Waals surface area contributed by atoms with Gasteiger partial charge in [-0.25, -0.2) is 13.1 Å². The minimum Gasteiger partial charge on any atom is -0.352 e. The fraction of sp³-hybridized carbons (Fsp3) is 0.467. The third kappa shape index (κ3) is 4.99. The van der Waals surface area contributed by atoms with Gasteiger partial charge in [-0.2, -0.15) is 0 Å². The number of benzene rings is 1. The first kappa shape index (κ1) is 17.8. The van der Waals surface area contributed by atoms with Crippen LogP contribution in [0, 0.1) is 0 Å². The van der Waals surface area contributed by atoms with E-state index in [1.807, 2.05) is 12.1 Å². The van der Waals surface area contributed by atoms with Crippen molar-refractivity contribution in [2.75, 3.05) is 11.5 Å². The molecule has 8 nitrogen and oxygen atoms in total. The molecule has 134 valence electrons. The topological polar surface area (TPSA) is 107 Å². The number of tetrazole rings is 1. The van der Waals surface area contributed by atoms with Crippen LogP contribution in [0.2, 0.25) is 5.02 Å². The first-order valence-electron chi connectivity index (χ1n) is 7.87. The molecule has 0 radical (unpaired) electrons. The Hall–Kier alpha value is -2.00. The van der Waals surface area contributed by atoms with Crippen LogP contribution < -0.4 is 5.32 Å². The Balaban J connectivity index is 1.68. The predicted octanol–water partition coefficient (Wildman–Crippen LogP) is 0.804. The predicted molar refractivity (Wildman–Crippen MR) is 91.8 cm³/mol. The van der Waals surface area contributed by atoms with Gasteiger partial charge in [-0.1, -0.05) is 23.7 Å². The highest BCUT2D eigenvalue weighted by atomic mass is 35.5. The number of rotatable bonds is 6. The lowest BCUT2D eigenvalue weighted by Crippen LogP contribution is -2.36. The van der Waals surface area contributed by atoms with Crippen molar-refractivity contribution in [2.45, 2.75) is 31.3 Å². The van der Waals surface area contributed by atoms with Gasteiger partial charge >= 0.3 is 0 Å². The van der Waals surface area contributed by atoms with E-state index >= 15 is 0 Å². The Bertz CT molecular complexity index is 823. The van der Waals surface area contributed by atoms with Gasteiger partial charge in [0.15, 0.2) is 9.84 Å². The van der Waals surface area contributed by atoms with Crippen LogP contribution in [0.25, 0.3) is 0 Å². The van der Waals surface area contributed by atoms with Crippen molar-refractivity contribution < 1.29 is 13.2 Å². The smallest absolute Gasteiger partial charge is 0.220 e. The van der Waals surface area contributed by atoms with Gasteiger partial charge < -0.3 is 5.32 Å². The van der Waals surface area contributed by atoms with E-state index in [-0.39, 0.29) is 35.8 Å². The Labute approximate surface area is 150 Å². The second-order valence-electron chi connectivity index (χ2n) is 6.15. The Morgan fingerprint density at radius 2 is 2.12 bits per heavy atom. The summed E-state index contributed by atoms with van der Waals surface area (Å²) < 4.78 is 24.6. The second-order valence-corrected chi connectivity index (χ2v) is 8.82. The molecule has 1 aliphatic heterocycles. The molecule has 3 rings (SSSR count). The molecule has 2 aromatic rings. The van der Waals surface area contributed by atoms with E-state index in [2.05, 4.69) is 20.8 Å². The normalized spacial score (nSPS) is 20.3. The van der Waals surface area contributed by atoms with Crippen LogP contribution in [-0.4, -0.2) is 52.1 Å². The maximum atomic E-state index is 12.4. The highest BCUT2D eigenvalue weighted by Crippen LogP contribution is 2.24. The molecule has 1 amide bonds. The minimum absolute atomic E-state index is 0.0113. The minimum atomic E-state index is -3.03. The summed E-state index contributed by atoms with van der Waals surface area (Å²) in [6.45, 7) is 0.436. The zero-order chi connectivity index (χ0) is 17.9. The van der Waals surface area contributed by atoms with Crippen LogP contribution in [0.4, 0.5) is 0 Å². The summed E-state index contributed by atoms with van der Waals surface area (Å²) in [4.78, 5) is 12.4. The second kappa shape index (κ2) is 7.49. The standard InChI is InChI=1S/C15H18ClN5O3S/c16-13-3-1-11(2-4-13)12(8-21-10-17-19-20-21)7-15(22)18-14-5-6-25(23,24)9-14/h1-4,10,12,14H,5-9H2,(H,18,22)/t12-,14+/m1/s1. The quantitative estimate of drug-likeness (QED) is 0.790. The zero-order valence-corrected chi connectivity index (χ0v) is 14.9. The molecule has 2 atom stereocenters. The van der Waals surface area contributed by atoms with Crippen molar-refractivity contribution >= 4 is 27.3 Å². The van der Waals surface area contributed by atoms with Crippen molar-refractivity contribution in [2.24, 2.45) is 0 Å². The maximum absolute atomic E-state index is 12.4. The number of sulfone groups is 1. The summed E-state index contributed by atoms with van der Waals surface area (Å²) in [6.07, 6.45) is 2.16. The van der Waals surface area contributed by atoms with E-state index in [0.29, 0.717) is 18.0 Å². The van der Waals surface area contributed by atoms with Gasteiger partial charge in [0.05, 0.1) is 18.1 Å². The Morgan fingerprint density at radius 3 is 2.72 bits per heavy atom. The molecule has 1 saturated heterocycles. The molecule has 0 bridgehead atoms. The summed E-state index contributed by atoms with van der Waals surface area (Å²) in [5.74, 6) is -0.200. The lowest BCUT2D eigenvalue weighted by atomic mass is 9.95. The van der Waals surface area contributed by atoms with Gasteiger partial charge in [0.25, 0.3) is 0 Å². The number of aromatic nitrogens is 4. The van der Waals surface area contributed by atoms with Crippen molar-refractivity contribution in [3.05, 3.63) is 41.2 Å². The van der Waals surface area contributed by atoms with E-state index in [4.69, 9.17) is 11.6 Å². The molecule has 1 aromatic carbocycles. The first-order valence-corrected chi connectivity index (χ1v) is 10.1. The highest BCUT2D eigenvalue weighted by molar-refractivity contribution is 7.91. The van der Waals surface area contributed by atoms with Gasteiger partial charge in [-0.3, -0.25) is 4.79 Å². The molecular weight excluding hydrogens is 366 g/mol. The number of nitrogens with zero attached hydrogens (tertiary/aromatic N) is 4. The Morgan fingerprint density at radius 1 is 1.36 bits per heavy atom. The molecule has 0 aliphatic carbocycles. The molecule has 0 unspecified atom stereocenters.